The quantitative estimate of drug-likeness (QED) is 0.321. The molecule has 0 saturated heterocycles. The summed E-state index contributed by atoms with van der Waals surface area (Å²) >= 11 is 0. The van der Waals surface area contributed by atoms with Gasteiger partial charge in [0.25, 0.3) is 5.91 Å². The van der Waals surface area contributed by atoms with Gasteiger partial charge in [0.05, 0.1) is 17.7 Å². The maximum absolute atomic E-state index is 13.1. The lowest BCUT2D eigenvalue weighted by atomic mass is 10.0. The summed E-state index contributed by atoms with van der Waals surface area (Å²) in [4.78, 5) is 37.8. The van der Waals surface area contributed by atoms with Crippen LogP contribution in [-0.4, -0.2) is 24.6 Å². The molecule has 0 bridgehead atoms. The summed E-state index contributed by atoms with van der Waals surface area (Å²) in [6.45, 7) is 1.81. The Hall–Kier alpha value is -4.39. The Bertz CT molecular complexity index is 1510. The standard InChI is InChI=1S/C30H27NO6/c1-2-35-30(34)27-18-25(32)23-12-7-13-24(28(23)37-27)31-29(33)20-14-15-26-21(16-20)17-22(36-26)11-6-10-19-8-4-3-5-9-19/h3-5,7-9,12-16,18,22H,2,6,10-11,17H2,1H3,(H,31,33). The predicted octanol–water partition coefficient (Wildman–Crippen LogP) is 5.55. The van der Waals surface area contributed by atoms with Crippen LogP contribution in [0.3, 0.4) is 0 Å². The first-order chi connectivity index (χ1) is 18.0. The summed E-state index contributed by atoms with van der Waals surface area (Å²) < 4.78 is 16.7. The van der Waals surface area contributed by atoms with Crippen molar-refractivity contribution in [2.24, 2.45) is 0 Å². The molecular weight excluding hydrogens is 470 g/mol. The second-order valence-corrected chi connectivity index (χ2v) is 8.98. The van der Waals surface area contributed by atoms with Gasteiger partial charge in [0.2, 0.25) is 5.76 Å². The summed E-state index contributed by atoms with van der Waals surface area (Å²) in [7, 11) is 0. The second kappa shape index (κ2) is 10.7. The lowest BCUT2D eigenvalue weighted by Crippen LogP contribution is -2.14. The van der Waals surface area contributed by atoms with Gasteiger partial charge in [-0.2, -0.15) is 0 Å². The Balaban J connectivity index is 1.29. The molecule has 0 saturated carbocycles. The maximum atomic E-state index is 13.1. The molecule has 0 fully saturated rings. The van der Waals surface area contributed by atoms with E-state index in [2.05, 4.69) is 29.6 Å². The molecule has 37 heavy (non-hydrogen) atoms. The number of nitrogens with one attached hydrogen (secondary N) is 1. The van der Waals surface area contributed by atoms with Crippen molar-refractivity contribution in [1.82, 2.24) is 0 Å². The average Bonchev–Trinajstić information content (AvgIpc) is 3.32. The molecule has 1 aliphatic heterocycles. The van der Waals surface area contributed by atoms with Crippen molar-refractivity contribution in [3.63, 3.8) is 0 Å². The first kappa shape index (κ1) is 24.3. The molecule has 188 valence electrons. The number of rotatable bonds is 8. The fourth-order valence-electron chi connectivity index (χ4n) is 4.57. The second-order valence-electron chi connectivity index (χ2n) is 8.98. The Morgan fingerprint density at radius 1 is 1.03 bits per heavy atom. The minimum absolute atomic E-state index is 0.0886. The molecule has 2 heterocycles. The number of anilines is 1. The molecule has 0 spiro atoms. The van der Waals surface area contributed by atoms with Crippen molar-refractivity contribution >= 4 is 28.5 Å². The molecule has 1 aromatic heterocycles. The van der Waals surface area contributed by atoms with Crippen molar-refractivity contribution < 1.29 is 23.5 Å². The first-order valence-corrected chi connectivity index (χ1v) is 12.4. The van der Waals surface area contributed by atoms with Crippen LogP contribution in [0.1, 0.15) is 51.8 Å². The van der Waals surface area contributed by atoms with Gasteiger partial charge in [0, 0.05) is 18.1 Å². The fraction of sp³-hybridized carbons (Fsp3) is 0.233. The molecule has 3 aromatic carbocycles. The van der Waals surface area contributed by atoms with Gasteiger partial charge in [-0.25, -0.2) is 4.79 Å². The van der Waals surface area contributed by atoms with E-state index >= 15 is 0 Å². The first-order valence-electron chi connectivity index (χ1n) is 12.4. The number of para-hydroxylation sites is 1. The highest BCUT2D eigenvalue weighted by atomic mass is 16.5. The zero-order valence-electron chi connectivity index (χ0n) is 20.5. The van der Waals surface area contributed by atoms with Crippen LogP contribution in [0.25, 0.3) is 11.0 Å². The van der Waals surface area contributed by atoms with E-state index in [4.69, 9.17) is 13.9 Å². The molecule has 7 nitrogen and oxygen atoms in total. The minimum atomic E-state index is -0.737. The third-order valence-corrected chi connectivity index (χ3v) is 6.38. The average molecular weight is 498 g/mol. The highest BCUT2D eigenvalue weighted by molar-refractivity contribution is 6.08. The van der Waals surface area contributed by atoms with Crippen LogP contribution in [0.2, 0.25) is 0 Å². The van der Waals surface area contributed by atoms with Crippen LogP contribution in [0, 0.1) is 0 Å². The number of aryl methyl sites for hydroxylation is 1. The van der Waals surface area contributed by atoms with Gasteiger partial charge < -0.3 is 19.2 Å². The van der Waals surface area contributed by atoms with Crippen molar-refractivity contribution in [2.75, 3.05) is 11.9 Å². The topological polar surface area (TPSA) is 94.8 Å². The monoisotopic (exact) mass is 497 g/mol. The van der Waals surface area contributed by atoms with E-state index in [0.29, 0.717) is 11.3 Å². The largest absolute Gasteiger partial charge is 0.490 e. The van der Waals surface area contributed by atoms with Crippen LogP contribution in [0.15, 0.2) is 82.0 Å². The summed E-state index contributed by atoms with van der Waals surface area (Å²) in [6, 6.07) is 21.7. The highest BCUT2D eigenvalue weighted by Crippen LogP contribution is 2.32. The minimum Gasteiger partial charge on any atom is -0.490 e. The molecule has 0 radical (unpaired) electrons. The Morgan fingerprint density at radius 2 is 1.86 bits per heavy atom. The molecule has 1 amide bonds. The number of carbonyl (C=O) groups excluding carboxylic acids is 2. The van der Waals surface area contributed by atoms with Crippen molar-refractivity contribution in [3.8, 4) is 5.75 Å². The molecular formula is C30H27NO6. The van der Waals surface area contributed by atoms with Gasteiger partial charge in [-0.15, -0.1) is 0 Å². The lowest BCUT2D eigenvalue weighted by Gasteiger charge is -2.10. The van der Waals surface area contributed by atoms with Crippen molar-refractivity contribution in [3.05, 3.63) is 105 Å². The Kier molecular flexibility index (Phi) is 7.03. The van der Waals surface area contributed by atoms with E-state index in [1.165, 1.54) is 5.56 Å². The predicted molar refractivity (Wildman–Crippen MR) is 140 cm³/mol. The fourth-order valence-corrected chi connectivity index (χ4v) is 4.57. The zero-order chi connectivity index (χ0) is 25.8. The van der Waals surface area contributed by atoms with E-state index in [-0.39, 0.29) is 35.3 Å². The maximum Gasteiger partial charge on any atom is 0.374 e. The van der Waals surface area contributed by atoms with Crippen LogP contribution in [-0.2, 0) is 17.6 Å². The molecule has 1 N–H and O–H groups in total. The van der Waals surface area contributed by atoms with E-state index in [1.807, 2.05) is 18.2 Å². The van der Waals surface area contributed by atoms with Crippen LogP contribution < -0.4 is 15.5 Å². The van der Waals surface area contributed by atoms with Crippen molar-refractivity contribution in [2.45, 2.75) is 38.7 Å². The van der Waals surface area contributed by atoms with E-state index < -0.39 is 11.4 Å². The molecule has 0 aliphatic carbocycles. The normalized spacial score (nSPS) is 14.1. The zero-order valence-corrected chi connectivity index (χ0v) is 20.5. The number of carbonyl (C=O) groups is 2. The third-order valence-electron chi connectivity index (χ3n) is 6.38. The molecule has 7 heteroatoms. The van der Waals surface area contributed by atoms with Crippen LogP contribution >= 0.6 is 0 Å². The number of fused-ring (bicyclic) bond motifs is 2. The number of esters is 1. The molecule has 4 aromatic rings. The Labute approximate surface area is 214 Å². The van der Waals surface area contributed by atoms with Gasteiger partial charge in [0.1, 0.15) is 11.9 Å². The number of benzene rings is 3. The number of ether oxygens (including phenoxy) is 2. The highest BCUT2D eigenvalue weighted by Gasteiger charge is 2.24. The number of hydrogen-bond acceptors (Lipinski definition) is 6. The van der Waals surface area contributed by atoms with Gasteiger partial charge in [-0.1, -0.05) is 36.4 Å². The lowest BCUT2D eigenvalue weighted by molar-refractivity contribution is 0.0490. The van der Waals surface area contributed by atoms with Crippen molar-refractivity contribution in [1.29, 1.82) is 0 Å². The summed E-state index contributed by atoms with van der Waals surface area (Å²) in [6.07, 6.45) is 3.80. The molecule has 1 unspecified atom stereocenters. The molecule has 1 aliphatic rings. The summed E-state index contributed by atoms with van der Waals surface area (Å²) in [5.41, 5.74) is 2.79. The van der Waals surface area contributed by atoms with Gasteiger partial charge >= 0.3 is 5.97 Å². The number of amides is 1. The molecule has 1 atom stereocenters. The van der Waals surface area contributed by atoms with E-state index in [0.717, 1.165) is 43.1 Å². The number of hydrogen-bond donors (Lipinski definition) is 1. The van der Waals surface area contributed by atoms with E-state index in [9.17, 15) is 14.4 Å². The molecule has 5 rings (SSSR count). The third kappa shape index (κ3) is 5.40. The smallest absolute Gasteiger partial charge is 0.374 e. The van der Waals surface area contributed by atoms with Gasteiger partial charge in [-0.3, -0.25) is 9.59 Å². The van der Waals surface area contributed by atoms with Gasteiger partial charge in [-0.05, 0) is 67.6 Å². The van der Waals surface area contributed by atoms with E-state index in [1.54, 1.807) is 31.2 Å². The van der Waals surface area contributed by atoms with Crippen LogP contribution in [0.5, 0.6) is 5.75 Å². The summed E-state index contributed by atoms with van der Waals surface area (Å²) in [5.74, 6) is -0.503. The van der Waals surface area contributed by atoms with Crippen LogP contribution in [0.4, 0.5) is 5.69 Å². The van der Waals surface area contributed by atoms with Gasteiger partial charge in [0.15, 0.2) is 11.0 Å². The summed E-state index contributed by atoms with van der Waals surface area (Å²) in [5, 5.41) is 3.07. The SMILES string of the molecule is CCOC(=O)c1cc(=O)c2cccc(NC(=O)c3ccc4c(c3)CC(CCCc3ccccc3)O4)c2o1. The Morgan fingerprint density at radius 3 is 2.68 bits per heavy atom.